The molecule has 138 valence electrons. The van der Waals surface area contributed by atoms with Crippen LogP contribution in [-0.2, 0) is 10.2 Å². The van der Waals surface area contributed by atoms with Crippen molar-refractivity contribution in [2.24, 2.45) is 0 Å². The molecule has 0 fully saturated rings. The first kappa shape index (κ1) is 18.7. The monoisotopic (exact) mass is 351 g/mol. The lowest BCUT2D eigenvalue weighted by Gasteiger charge is -2.29. The SMILES string of the molecule is CCN(CCCCC1(C(=O)O)c2ccccc2-c2ccccc21)C(C)C. The standard InChI is InChI=1S/C23H29NO2/c1-4-24(17(2)3)16-10-9-15-23(22(25)26)20-13-7-5-11-18(20)19-12-6-8-14-21(19)23/h5-8,11-14,17H,4,9-10,15-16H2,1-3H3,(H,25,26). The van der Waals surface area contributed by atoms with Crippen molar-refractivity contribution in [3.8, 4) is 11.1 Å². The molecule has 1 N–H and O–H groups in total. The molecule has 0 amide bonds. The van der Waals surface area contributed by atoms with E-state index in [9.17, 15) is 9.90 Å². The highest BCUT2D eigenvalue weighted by Gasteiger charge is 2.48. The zero-order chi connectivity index (χ0) is 18.7. The zero-order valence-corrected chi connectivity index (χ0v) is 16.0. The second-order valence-electron chi connectivity index (χ2n) is 7.48. The number of fused-ring (bicyclic) bond motifs is 3. The quantitative estimate of drug-likeness (QED) is 0.685. The van der Waals surface area contributed by atoms with Gasteiger partial charge in [-0.25, -0.2) is 0 Å². The van der Waals surface area contributed by atoms with E-state index in [2.05, 4.69) is 37.8 Å². The van der Waals surface area contributed by atoms with Gasteiger partial charge in [-0.3, -0.25) is 4.79 Å². The van der Waals surface area contributed by atoms with E-state index in [4.69, 9.17) is 0 Å². The van der Waals surface area contributed by atoms with Crippen molar-refractivity contribution in [3.63, 3.8) is 0 Å². The molecule has 3 rings (SSSR count). The van der Waals surface area contributed by atoms with Gasteiger partial charge in [0, 0.05) is 6.04 Å². The average Bonchev–Trinajstić information content (AvgIpc) is 2.93. The Morgan fingerprint density at radius 3 is 2.00 bits per heavy atom. The minimum Gasteiger partial charge on any atom is -0.480 e. The summed E-state index contributed by atoms with van der Waals surface area (Å²) in [5.74, 6) is -0.730. The van der Waals surface area contributed by atoms with Crippen LogP contribution in [0.1, 0.15) is 51.2 Å². The van der Waals surface area contributed by atoms with Gasteiger partial charge in [0.15, 0.2) is 0 Å². The molecule has 0 heterocycles. The summed E-state index contributed by atoms with van der Waals surface area (Å²) in [5.41, 5.74) is 3.13. The molecule has 0 aromatic heterocycles. The maximum absolute atomic E-state index is 12.5. The maximum atomic E-state index is 12.5. The summed E-state index contributed by atoms with van der Waals surface area (Å²) in [6.45, 7) is 8.67. The van der Waals surface area contributed by atoms with Crippen molar-refractivity contribution in [3.05, 3.63) is 59.7 Å². The molecule has 0 saturated heterocycles. The Morgan fingerprint density at radius 2 is 1.54 bits per heavy atom. The van der Waals surface area contributed by atoms with E-state index < -0.39 is 11.4 Å². The topological polar surface area (TPSA) is 40.5 Å². The summed E-state index contributed by atoms with van der Waals surface area (Å²) in [7, 11) is 0. The van der Waals surface area contributed by atoms with Gasteiger partial charge < -0.3 is 10.0 Å². The number of carboxylic acids is 1. The van der Waals surface area contributed by atoms with E-state index in [-0.39, 0.29) is 0 Å². The molecule has 3 heteroatoms. The lowest BCUT2D eigenvalue weighted by molar-refractivity contribution is -0.142. The summed E-state index contributed by atoms with van der Waals surface area (Å²) in [6, 6.07) is 16.5. The summed E-state index contributed by atoms with van der Waals surface area (Å²) >= 11 is 0. The number of nitrogens with zero attached hydrogens (tertiary/aromatic N) is 1. The van der Waals surface area contributed by atoms with Gasteiger partial charge in [-0.15, -0.1) is 0 Å². The van der Waals surface area contributed by atoms with Crippen LogP contribution in [0.3, 0.4) is 0 Å². The fourth-order valence-electron chi connectivity index (χ4n) is 4.42. The van der Waals surface area contributed by atoms with Crippen molar-refractivity contribution in [1.82, 2.24) is 4.90 Å². The number of hydrogen-bond acceptors (Lipinski definition) is 2. The molecule has 0 spiro atoms. The van der Waals surface area contributed by atoms with Crippen LogP contribution in [0.25, 0.3) is 11.1 Å². The summed E-state index contributed by atoms with van der Waals surface area (Å²) in [4.78, 5) is 15.0. The van der Waals surface area contributed by atoms with E-state index in [0.29, 0.717) is 12.5 Å². The van der Waals surface area contributed by atoms with Gasteiger partial charge in [0.25, 0.3) is 0 Å². The van der Waals surface area contributed by atoms with Crippen molar-refractivity contribution in [2.45, 2.75) is 51.5 Å². The lowest BCUT2D eigenvalue weighted by Crippen LogP contribution is -2.36. The van der Waals surface area contributed by atoms with Gasteiger partial charge in [0.05, 0.1) is 0 Å². The van der Waals surface area contributed by atoms with Gasteiger partial charge in [-0.05, 0) is 62.0 Å². The molecule has 0 radical (unpaired) electrons. The molecule has 0 atom stereocenters. The molecule has 1 aliphatic rings. The third-order valence-corrected chi connectivity index (χ3v) is 5.81. The third-order valence-electron chi connectivity index (χ3n) is 5.81. The highest BCUT2D eigenvalue weighted by atomic mass is 16.4. The smallest absolute Gasteiger partial charge is 0.318 e. The van der Waals surface area contributed by atoms with Gasteiger partial charge in [-0.1, -0.05) is 61.9 Å². The molecule has 0 aliphatic heterocycles. The van der Waals surface area contributed by atoms with Gasteiger partial charge in [0.1, 0.15) is 5.41 Å². The van der Waals surface area contributed by atoms with E-state index in [0.717, 1.165) is 48.2 Å². The minimum atomic E-state index is -0.915. The fourth-order valence-corrected chi connectivity index (χ4v) is 4.42. The van der Waals surface area contributed by atoms with Crippen LogP contribution in [0.2, 0.25) is 0 Å². The highest BCUT2D eigenvalue weighted by molar-refractivity contribution is 5.97. The van der Waals surface area contributed by atoms with E-state index >= 15 is 0 Å². The number of carboxylic acid groups (broad SMARTS) is 1. The van der Waals surface area contributed by atoms with Crippen molar-refractivity contribution in [2.75, 3.05) is 13.1 Å². The average molecular weight is 351 g/mol. The van der Waals surface area contributed by atoms with Crippen LogP contribution in [0.5, 0.6) is 0 Å². The van der Waals surface area contributed by atoms with E-state index in [1.54, 1.807) is 0 Å². The number of aliphatic carboxylic acids is 1. The van der Waals surface area contributed by atoms with Crippen molar-refractivity contribution < 1.29 is 9.90 Å². The Bertz CT molecular complexity index is 736. The predicted molar refractivity (Wildman–Crippen MR) is 107 cm³/mol. The lowest BCUT2D eigenvalue weighted by atomic mass is 9.74. The van der Waals surface area contributed by atoms with Crippen LogP contribution in [-0.4, -0.2) is 35.1 Å². The highest BCUT2D eigenvalue weighted by Crippen LogP contribution is 2.51. The van der Waals surface area contributed by atoms with Gasteiger partial charge in [0.2, 0.25) is 0 Å². The summed E-state index contributed by atoms with van der Waals surface area (Å²) in [5, 5.41) is 10.3. The van der Waals surface area contributed by atoms with Crippen LogP contribution < -0.4 is 0 Å². The molecule has 3 nitrogen and oxygen atoms in total. The number of benzene rings is 2. The minimum absolute atomic E-state index is 0.529. The first-order chi connectivity index (χ1) is 12.5. The molecule has 2 aromatic carbocycles. The Morgan fingerprint density at radius 1 is 1.00 bits per heavy atom. The van der Waals surface area contributed by atoms with Crippen molar-refractivity contribution >= 4 is 5.97 Å². The largest absolute Gasteiger partial charge is 0.480 e. The van der Waals surface area contributed by atoms with Crippen LogP contribution in [0.15, 0.2) is 48.5 Å². The number of hydrogen-bond donors (Lipinski definition) is 1. The van der Waals surface area contributed by atoms with Crippen LogP contribution in [0.4, 0.5) is 0 Å². The molecule has 0 saturated carbocycles. The van der Waals surface area contributed by atoms with E-state index in [1.807, 2.05) is 36.4 Å². The molecule has 1 aliphatic carbocycles. The molecular formula is C23H29NO2. The summed E-state index contributed by atoms with van der Waals surface area (Å²) in [6.07, 6.45) is 2.57. The Balaban J connectivity index is 1.88. The Hall–Kier alpha value is -2.13. The Labute approximate surface area is 156 Å². The summed E-state index contributed by atoms with van der Waals surface area (Å²) < 4.78 is 0. The number of unbranched alkanes of at least 4 members (excludes halogenated alkanes) is 1. The fraction of sp³-hybridized carbons (Fsp3) is 0.435. The molecule has 0 bridgehead atoms. The second kappa shape index (κ2) is 7.63. The molecule has 0 unspecified atom stereocenters. The van der Waals surface area contributed by atoms with Gasteiger partial charge >= 0.3 is 5.97 Å². The first-order valence-corrected chi connectivity index (χ1v) is 9.69. The zero-order valence-electron chi connectivity index (χ0n) is 16.0. The number of rotatable bonds is 8. The normalized spacial score (nSPS) is 14.5. The second-order valence-corrected chi connectivity index (χ2v) is 7.48. The number of carbonyl (C=O) groups is 1. The first-order valence-electron chi connectivity index (χ1n) is 9.69. The van der Waals surface area contributed by atoms with E-state index in [1.165, 1.54) is 0 Å². The van der Waals surface area contributed by atoms with Crippen molar-refractivity contribution in [1.29, 1.82) is 0 Å². The Kier molecular flexibility index (Phi) is 5.47. The molecule has 2 aromatic rings. The van der Waals surface area contributed by atoms with Gasteiger partial charge in [-0.2, -0.15) is 0 Å². The molecule has 26 heavy (non-hydrogen) atoms. The maximum Gasteiger partial charge on any atom is 0.318 e. The van der Waals surface area contributed by atoms with Crippen LogP contribution in [0, 0.1) is 0 Å². The predicted octanol–water partition coefficient (Wildman–Crippen LogP) is 4.94. The molecular weight excluding hydrogens is 322 g/mol. The van der Waals surface area contributed by atoms with Crippen LogP contribution >= 0.6 is 0 Å². The third kappa shape index (κ3) is 3.05.